The summed E-state index contributed by atoms with van der Waals surface area (Å²) in [6, 6.07) is 8.40. The first-order chi connectivity index (χ1) is 11.4. The molecule has 2 N–H and O–H groups in total. The van der Waals surface area contributed by atoms with E-state index in [0.29, 0.717) is 12.6 Å². The molecule has 7 heteroatoms. The van der Waals surface area contributed by atoms with E-state index < -0.39 is 16.1 Å². The highest BCUT2D eigenvalue weighted by molar-refractivity contribution is 7.94. The minimum atomic E-state index is -3.85. The number of benzene rings is 1. The third-order valence-electron chi connectivity index (χ3n) is 4.58. The number of allylic oxidation sites excluding steroid dienone is 1. The maximum absolute atomic E-state index is 12.2. The number of urea groups is 1. The van der Waals surface area contributed by atoms with Crippen LogP contribution in [0.5, 0.6) is 0 Å². The van der Waals surface area contributed by atoms with Crippen molar-refractivity contribution in [2.75, 3.05) is 6.54 Å². The molecule has 0 aromatic heterocycles. The van der Waals surface area contributed by atoms with Gasteiger partial charge in [0.15, 0.2) is 0 Å². The van der Waals surface area contributed by atoms with Crippen molar-refractivity contribution >= 4 is 22.1 Å². The summed E-state index contributed by atoms with van der Waals surface area (Å²) in [4.78, 5) is 12.0. The van der Waals surface area contributed by atoms with Gasteiger partial charge in [0.2, 0.25) is 0 Å². The lowest BCUT2D eigenvalue weighted by Crippen LogP contribution is -2.42. The molecule has 2 saturated heterocycles. The summed E-state index contributed by atoms with van der Waals surface area (Å²) in [5.41, 5.74) is 0.764. The predicted molar refractivity (Wildman–Crippen MR) is 91.5 cm³/mol. The third-order valence-corrected chi connectivity index (χ3v) is 6.00. The van der Waals surface area contributed by atoms with Crippen molar-refractivity contribution in [3.05, 3.63) is 40.8 Å². The van der Waals surface area contributed by atoms with Crippen molar-refractivity contribution in [1.29, 1.82) is 0 Å². The summed E-state index contributed by atoms with van der Waals surface area (Å²) in [7, 11) is -3.85. The van der Waals surface area contributed by atoms with Crippen molar-refractivity contribution in [2.24, 2.45) is 5.92 Å². The van der Waals surface area contributed by atoms with E-state index in [-0.39, 0.29) is 16.9 Å². The summed E-state index contributed by atoms with van der Waals surface area (Å²) >= 11 is 0. The molecule has 3 unspecified atom stereocenters. The van der Waals surface area contributed by atoms with Gasteiger partial charge in [0.1, 0.15) is 0 Å². The maximum Gasteiger partial charge on any atom is 0.328 e. The van der Waals surface area contributed by atoms with E-state index in [1.165, 1.54) is 13.0 Å². The lowest BCUT2D eigenvalue weighted by atomic mass is 9.89. The average molecular weight is 350 g/mol. The molecule has 6 nitrogen and oxygen atoms in total. The van der Waals surface area contributed by atoms with Crippen LogP contribution in [0.3, 0.4) is 0 Å². The summed E-state index contributed by atoms with van der Waals surface area (Å²) in [5, 5.41) is 2.65. The lowest BCUT2D eigenvalue weighted by molar-refractivity contribution is 0.0928. The molecule has 3 atom stereocenters. The van der Waals surface area contributed by atoms with Crippen molar-refractivity contribution in [3.8, 4) is 0 Å². The molecule has 2 heterocycles. The van der Waals surface area contributed by atoms with Crippen LogP contribution in [-0.4, -0.2) is 33.2 Å². The predicted octanol–water partition coefficient (Wildman–Crippen LogP) is 2.24. The van der Waals surface area contributed by atoms with E-state index in [4.69, 9.17) is 4.74 Å². The fourth-order valence-corrected chi connectivity index (χ4v) is 4.05. The highest BCUT2D eigenvalue weighted by atomic mass is 32.2. The Hall–Kier alpha value is -1.86. The second kappa shape index (κ2) is 6.94. The molecule has 0 saturated carbocycles. The van der Waals surface area contributed by atoms with Crippen LogP contribution in [0.4, 0.5) is 4.79 Å². The van der Waals surface area contributed by atoms with Crippen molar-refractivity contribution in [1.82, 2.24) is 10.0 Å². The van der Waals surface area contributed by atoms with Crippen LogP contribution in [0.1, 0.15) is 31.7 Å². The number of sulfonamides is 1. The number of nitrogens with one attached hydrogen (secondary N) is 2. The van der Waals surface area contributed by atoms with E-state index in [2.05, 4.69) is 10.0 Å². The molecule has 2 amide bonds. The summed E-state index contributed by atoms with van der Waals surface area (Å²) < 4.78 is 32.2. The van der Waals surface area contributed by atoms with Gasteiger partial charge in [0.25, 0.3) is 10.0 Å². The Morgan fingerprint density at radius 1 is 1.29 bits per heavy atom. The quantitative estimate of drug-likeness (QED) is 0.853. The number of fused-ring (bicyclic) bond motifs is 2. The summed E-state index contributed by atoms with van der Waals surface area (Å²) in [6.07, 6.45) is 5.08. The number of carbonyl (C=O) groups is 1. The van der Waals surface area contributed by atoms with Crippen LogP contribution in [0.2, 0.25) is 0 Å². The van der Waals surface area contributed by atoms with Crippen molar-refractivity contribution in [3.63, 3.8) is 0 Å². The minimum Gasteiger partial charge on any atom is -0.375 e. The van der Waals surface area contributed by atoms with E-state index in [1.54, 1.807) is 12.1 Å². The lowest BCUT2D eigenvalue weighted by Gasteiger charge is -2.19. The van der Waals surface area contributed by atoms with Gasteiger partial charge in [-0.05, 0) is 37.8 Å². The Labute approximate surface area is 142 Å². The van der Waals surface area contributed by atoms with E-state index in [0.717, 1.165) is 24.8 Å². The molecular weight excluding hydrogens is 328 g/mol. The highest BCUT2D eigenvalue weighted by Gasteiger charge is 2.40. The Kier molecular flexibility index (Phi) is 4.91. The topological polar surface area (TPSA) is 84.5 Å². The average Bonchev–Trinajstić information content (AvgIpc) is 3.16. The molecule has 0 aliphatic carbocycles. The Bertz CT molecular complexity index is 730. The highest BCUT2D eigenvalue weighted by Crippen LogP contribution is 2.38. The number of ether oxygens (including phenoxy) is 1. The molecule has 24 heavy (non-hydrogen) atoms. The molecular formula is C17H22N2O4S. The Balaban J connectivity index is 1.53. The van der Waals surface area contributed by atoms with Crippen LogP contribution in [0, 0.1) is 5.92 Å². The van der Waals surface area contributed by atoms with Gasteiger partial charge in [0, 0.05) is 12.5 Å². The number of amides is 2. The SMILES string of the molecule is CC(=Cc1ccccc1)S(=O)(=O)NC(=O)NCC1CC2CCC1O2. The first-order valence-corrected chi connectivity index (χ1v) is 9.62. The molecule has 0 radical (unpaired) electrons. The van der Waals surface area contributed by atoms with Gasteiger partial charge >= 0.3 is 6.03 Å². The van der Waals surface area contributed by atoms with Gasteiger partial charge < -0.3 is 10.1 Å². The van der Waals surface area contributed by atoms with Gasteiger partial charge in [-0.1, -0.05) is 30.3 Å². The van der Waals surface area contributed by atoms with Crippen LogP contribution in [-0.2, 0) is 14.8 Å². The normalized spacial score (nSPS) is 26.4. The molecule has 1 aromatic carbocycles. The Morgan fingerprint density at radius 3 is 2.67 bits per heavy atom. The zero-order valence-electron chi connectivity index (χ0n) is 13.6. The van der Waals surface area contributed by atoms with Crippen molar-refractivity contribution < 1.29 is 17.9 Å². The summed E-state index contributed by atoms with van der Waals surface area (Å²) in [6.45, 7) is 1.90. The van der Waals surface area contributed by atoms with E-state index >= 15 is 0 Å². The van der Waals surface area contributed by atoms with Gasteiger partial charge in [-0.15, -0.1) is 0 Å². The molecule has 2 bridgehead atoms. The molecule has 130 valence electrons. The molecule has 2 aliphatic rings. The minimum absolute atomic E-state index is 0.0899. The van der Waals surface area contributed by atoms with Crippen LogP contribution in [0.25, 0.3) is 6.08 Å². The van der Waals surface area contributed by atoms with Crippen LogP contribution >= 0.6 is 0 Å². The van der Waals surface area contributed by atoms with Gasteiger partial charge in [-0.25, -0.2) is 17.9 Å². The largest absolute Gasteiger partial charge is 0.375 e. The van der Waals surface area contributed by atoms with Crippen LogP contribution in [0.15, 0.2) is 35.2 Å². The molecule has 1 aromatic rings. The number of carbonyl (C=O) groups excluding carboxylic acids is 1. The number of rotatable bonds is 5. The third kappa shape index (κ3) is 3.96. The monoisotopic (exact) mass is 350 g/mol. The van der Waals surface area contributed by atoms with E-state index in [9.17, 15) is 13.2 Å². The number of hydrogen-bond donors (Lipinski definition) is 2. The second-order valence-corrected chi connectivity index (χ2v) is 8.21. The first-order valence-electron chi connectivity index (χ1n) is 8.13. The number of hydrogen-bond acceptors (Lipinski definition) is 4. The van der Waals surface area contributed by atoms with E-state index in [1.807, 2.05) is 18.2 Å². The fourth-order valence-electron chi connectivity index (χ4n) is 3.28. The first kappa shape index (κ1) is 17.0. The zero-order chi connectivity index (χ0) is 17.2. The standard InChI is InChI=1S/C17H22N2O4S/c1-12(9-13-5-3-2-4-6-13)24(21,22)19-17(20)18-11-14-10-15-7-8-16(14)23-15/h2-6,9,14-16H,7-8,10-11H2,1H3,(H2,18,19,20). The van der Waals surface area contributed by atoms with Gasteiger partial charge in [-0.3, -0.25) is 0 Å². The zero-order valence-corrected chi connectivity index (χ0v) is 14.4. The fraction of sp³-hybridized carbons (Fsp3) is 0.471. The van der Waals surface area contributed by atoms with Gasteiger partial charge in [-0.2, -0.15) is 0 Å². The summed E-state index contributed by atoms with van der Waals surface area (Å²) in [5.74, 6) is 0.276. The maximum atomic E-state index is 12.2. The Morgan fingerprint density at radius 2 is 2.04 bits per heavy atom. The molecule has 3 rings (SSSR count). The van der Waals surface area contributed by atoms with Crippen molar-refractivity contribution in [2.45, 2.75) is 38.4 Å². The van der Waals surface area contributed by atoms with Gasteiger partial charge in [0.05, 0.1) is 17.1 Å². The molecule has 2 fully saturated rings. The molecule has 0 spiro atoms. The second-order valence-electron chi connectivity index (χ2n) is 6.35. The molecule has 2 aliphatic heterocycles. The van der Waals surface area contributed by atoms with Crippen LogP contribution < -0.4 is 10.0 Å². The smallest absolute Gasteiger partial charge is 0.328 e.